The van der Waals surface area contributed by atoms with Crippen LogP contribution in [0.5, 0.6) is 0 Å². The molecule has 0 radical (unpaired) electrons. The summed E-state index contributed by atoms with van der Waals surface area (Å²) in [6.07, 6.45) is 9.91. The third-order valence-electron chi connectivity index (χ3n) is 3.38. The highest BCUT2D eigenvalue weighted by atomic mass is 15.2. The van der Waals surface area contributed by atoms with Gasteiger partial charge in [0.15, 0.2) is 0 Å². The summed E-state index contributed by atoms with van der Waals surface area (Å²) in [5, 5.41) is 3.55. The summed E-state index contributed by atoms with van der Waals surface area (Å²) < 4.78 is 0. The zero-order valence-corrected chi connectivity index (χ0v) is 9.21. The van der Waals surface area contributed by atoms with Gasteiger partial charge in [-0.15, -0.1) is 0 Å². The fourth-order valence-electron chi connectivity index (χ4n) is 2.58. The van der Waals surface area contributed by atoms with E-state index >= 15 is 0 Å². The van der Waals surface area contributed by atoms with Crippen LogP contribution in [0.25, 0.3) is 0 Å². The molecule has 2 nitrogen and oxygen atoms in total. The van der Waals surface area contributed by atoms with Crippen LogP contribution in [0.4, 0.5) is 0 Å². The molecule has 1 saturated heterocycles. The van der Waals surface area contributed by atoms with Crippen molar-refractivity contribution >= 4 is 0 Å². The van der Waals surface area contributed by atoms with Gasteiger partial charge in [-0.25, -0.2) is 0 Å². The molecule has 14 heavy (non-hydrogen) atoms. The lowest BCUT2D eigenvalue weighted by Gasteiger charge is -2.32. The smallest absolute Gasteiger partial charge is 0.0166 e. The van der Waals surface area contributed by atoms with Gasteiger partial charge in [0.2, 0.25) is 0 Å². The second-order valence-corrected chi connectivity index (χ2v) is 4.64. The Morgan fingerprint density at radius 1 is 1.36 bits per heavy atom. The van der Waals surface area contributed by atoms with Crippen LogP contribution in [0.2, 0.25) is 0 Å². The molecule has 0 saturated carbocycles. The molecule has 1 aliphatic heterocycles. The molecular weight excluding hydrogens is 172 g/mol. The topological polar surface area (TPSA) is 15.3 Å². The van der Waals surface area contributed by atoms with Crippen molar-refractivity contribution in [1.82, 2.24) is 10.2 Å². The summed E-state index contributed by atoms with van der Waals surface area (Å²) in [6, 6.07) is 1.49. The number of allylic oxidation sites excluding steroid dienone is 1. The molecule has 0 aromatic carbocycles. The van der Waals surface area contributed by atoms with E-state index in [4.69, 9.17) is 0 Å². The summed E-state index contributed by atoms with van der Waals surface area (Å²) >= 11 is 0. The number of nitrogens with zero attached hydrogens (tertiary/aromatic N) is 1. The first-order chi connectivity index (χ1) is 6.86. The van der Waals surface area contributed by atoms with Crippen molar-refractivity contribution in [3.63, 3.8) is 0 Å². The Labute approximate surface area is 87.4 Å². The Morgan fingerprint density at radius 3 is 3.07 bits per heavy atom. The molecule has 0 aromatic rings. The normalized spacial score (nSPS) is 35.5. The third kappa shape index (κ3) is 2.58. The summed E-state index contributed by atoms with van der Waals surface area (Å²) in [7, 11) is 0. The summed E-state index contributed by atoms with van der Waals surface area (Å²) in [5.41, 5.74) is 0. The van der Waals surface area contributed by atoms with E-state index in [0.29, 0.717) is 6.04 Å². The maximum absolute atomic E-state index is 3.55. The molecule has 2 unspecified atom stereocenters. The zero-order valence-electron chi connectivity index (χ0n) is 9.21. The van der Waals surface area contributed by atoms with E-state index in [1.807, 2.05) is 0 Å². The van der Waals surface area contributed by atoms with Crippen LogP contribution in [0, 0.1) is 0 Å². The number of rotatable bonds is 1. The average molecular weight is 194 g/mol. The van der Waals surface area contributed by atoms with Gasteiger partial charge in [-0.3, -0.25) is 4.90 Å². The van der Waals surface area contributed by atoms with Gasteiger partial charge >= 0.3 is 0 Å². The van der Waals surface area contributed by atoms with E-state index in [2.05, 4.69) is 29.3 Å². The van der Waals surface area contributed by atoms with Crippen LogP contribution in [0.1, 0.15) is 32.6 Å². The van der Waals surface area contributed by atoms with Crippen molar-refractivity contribution in [2.24, 2.45) is 0 Å². The molecule has 0 amide bonds. The highest BCUT2D eigenvalue weighted by Gasteiger charge is 2.21. The van der Waals surface area contributed by atoms with E-state index in [1.165, 1.54) is 45.3 Å². The van der Waals surface area contributed by atoms with E-state index < -0.39 is 0 Å². The molecule has 2 aliphatic rings. The van der Waals surface area contributed by atoms with Crippen LogP contribution in [-0.4, -0.2) is 36.6 Å². The van der Waals surface area contributed by atoms with Crippen LogP contribution >= 0.6 is 0 Å². The molecule has 80 valence electrons. The zero-order chi connectivity index (χ0) is 9.80. The largest absolute Gasteiger partial charge is 0.313 e. The van der Waals surface area contributed by atoms with Crippen molar-refractivity contribution in [1.29, 1.82) is 0 Å². The fraction of sp³-hybridized carbons (Fsp3) is 0.833. The van der Waals surface area contributed by atoms with Gasteiger partial charge in [0.1, 0.15) is 0 Å². The Bertz CT molecular complexity index is 200. The molecule has 0 aromatic heterocycles. The van der Waals surface area contributed by atoms with Gasteiger partial charge in [0.05, 0.1) is 0 Å². The molecule has 1 aliphatic carbocycles. The highest BCUT2D eigenvalue weighted by Crippen LogP contribution is 2.18. The molecule has 1 heterocycles. The number of nitrogens with one attached hydrogen (secondary N) is 1. The summed E-state index contributed by atoms with van der Waals surface area (Å²) in [5.74, 6) is 0. The van der Waals surface area contributed by atoms with Gasteiger partial charge < -0.3 is 5.32 Å². The summed E-state index contributed by atoms with van der Waals surface area (Å²) in [4.78, 5) is 2.69. The van der Waals surface area contributed by atoms with Crippen LogP contribution in [0.3, 0.4) is 0 Å². The fourth-order valence-corrected chi connectivity index (χ4v) is 2.58. The molecule has 2 rings (SSSR count). The van der Waals surface area contributed by atoms with E-state index in [0.717, 1.165) is 6.04 Å². The van der Waals surface area contributed by atoms with E-state index in [9.17, 15) is 0 Å². The standard InChI is InChI=1S/C12H22N2/c1-11-10-14(9-5-8-13-11)12-6-3-2-4-7-12/h2-3,11-13H,4-10H2,1H3. The molecule has 2 heteroatoms. The molecule has 0 spiro atoms. The second-order valence-electron chi connectivity index (χ2n) is 4.64. The molecule has 2 atom stereocenters. The third-order valence-corrected chi connectivity index (χ3v) is 3.38. The number of hydrogen-bond acceptors (Lipinski definition) is 2. The maximum Gasteiger partial charge on any atom is 0.0166 e. The minimum atomic E-state index is 0.670. The Hall–Kier alpha value is -0.340. The molecule has 1 fully saturated rings. The van der Waals surface area contributed by atoms with Crippen molar-refractivity contribution < 1.29 is 0 Å². The Balaban J connectivity index is 1.90. The highest BCUT2D eigenvalue weighted by molar-refractivity contribution is 4.94. The molecular formula is C12H22N2. The SMILES string of the molecule is CC1CN(C2CC=CCC2)CCCN1. The van der Waals surface area contributed by atoms with E-state index in [1.54, 1.807) is 0 Å². The van der Waals surface area contributed by atoms with Gasteiger partial charge in [0.25, 0.3) is 0 Å². The molecule has 0 bridgehead atoms. The van der Waals surface area contributed by atoms with Gasteiger partial charge in [-0.2, -0.15) is 0 Å². The van der Waals surface area contributed by atoms with Crippen molar-refractivity contribution in [2.45, 2.75) is 44.7 Å². The second kappa shape index (κ2) is 4.94. The lowest BCUT2D eigenvalue weighted by Crippen LogP contribution is -2.41. The lowest BCUT2D eigenvalue weighted by molar-refractivity contribution is 0.184. The predicted molar refractivity (Wildman–Crippen MR) is 60.4 cm³/mol. The average Bonchev–Trinajstić information content (AvgIpc) is 2.44. The maximum atomic E-state index is 3.55. The van der Waals surface area contributed by atoms with Crippen LogP contribution < -0.4 is 5.32 Å². The van der Waals surface area contributed by atoms with Crippen molar-refractivity contribution in [3.05, 3.63) is 12.2 Å². The van der Waals surface area contributed by atoms with Gasteiger partial charge in [0, 0.05) is 18.6 Å². The first-order valence-electron chi connectivity index (χ1n) is 5.98. The minimum Gasteiger partial charge on any atom is -0.313 e. The van der Waals surface area contributed by atoms with Crippen molar-refractivity contribution in [2.75, 3.05) is 19.6 Å². The Morgan fingerprint density at radius 2 is 2.29 bits per heavy atom. The first-order valence-corrected chi connectivity index (χ1v) is 5.98. The van der Waals surface area contributed by atoms with Gasteiger partial charge in [-0.1, -0.05) is 12.2 Å². The van der Waals surface area contributed by atoms with Crippen molar-refractivity contribution in [3.8, 4) is 0 Å². The number of hydrogen-bond donors (Lipinski definition) is 1. The van der Waals surface area contributed by atoms with Crippen LogP contribution in [-0.2, 0) is 0 Å². The quantitative estimate of drug-likeness (QED) is 0.640. The van der Waals surface area contributed by atoms with Crippen LogP contribution in [0.15, 0.2) is 12.2 Å². The summed E-state index contributed by atoms with van der Waals surface area (Å²) in [6.45, 7) is 6.02. The minimum absolute atomic E-state index is 0.670. The lowest BCUT2D eigenvalue weighted by atomic mass is 10.00. The Kier molecular flexibility index (Phi) is 3.60. The van der Waals surface area contributed by atoms with E-state index in [-0.39, 0.29) is 0 Å². The predicted octanol–water partition coefficient (Wildman–Crippen LogP) is 1.78. The first kappa shape index (κ1) is 10.2. The monoisotopic (exact) mass is 194 g/mol. The molecule has 1 N–H and O–H groups in total. The van der Waals surface area contributed by atoms with Gasteiger partial charge in [-0.05, 0) is 45.7 Å².